The van der Waals surface area contributed by atoms with Crippen LogP contribution in [0.25, 0.3) is 0 Å². The molecule has 4 aliphatic rings. The van der Waals surface area contributed by atoms with Gasteiger partial charge < -0.3 is 10.8 Å². The molecule has 0 amide bonds. The largest absolute Gasteiger partial charge is 0.393 e. The lowest BCUT2D eigenvalue weighted by molar-refractivity contribution is -0.143. The molecule has 0 unspecified atom stereocenters. The number of nitrogens with two attached hydrogens (primary N) is 1. The fraction of sp³-hybridized carbons (Fsp3) is 0.952. The topological polar surface area (TPSA) is 63.3 Å². The van der Waals surface area contributed by atoms with Crippen LogP contribution in [0.5, 0.6) is 0 Å². The smallest absolute Gasteiger partial charge is 0.133 e. The molecule has 4 rings (SSSR count). The summed E-state index contributed by atoms with van der Waals surface area (Å²) in [5.41, 5.74) is 7.28. The van der Waals surface area contributed by atoms with Crippen LogP contribution in [-0.4, -0.2) is 23.0 Å². The van der Waals surface area contributed by atoms with Crippen LogP contribution in [0.1, 0.15) is 72.1 Å². The number of Topliss-reactive ketones (excluding diaryl/α,β-unsaturated/α-hetero) is 1. The Bertz CT molecular complexity index is 534. The lowest BCUT2D eigenvalue weighted by atomic mass is 9.43. The molecule has 0 bridgehead atoms. The molecule has 0 aromatic rings. The van der Waals surface area contributed by atoms with Gasteiger partial charge in [-0.1, -0.05) is 13.8 Å². The first-order valence-corrected chi connectivity index (χ1v) is 10.2. The van der Waals surface area contributed by atoms with Crippen LogP contribution in [0, 0.1) is 40.4 Å². The molecule has 9 atom stereocenters. The molecule has 0 radical (unpaired) electrons. The zero-order chi connectivity index (χ0) is 17.3. The van der Waals surface area contributed by atoms with E-state index in [4.69, 9.17) is 5.73 Å². The van der Waals surface area contributed by atoms with Crippen molar-refractivity contribution in [1.82, 2.24) is 0 Å². The molecular formula is C21H35NO2. The van der Waals surface area contributed by atoms with Crippen molar-refractivity contribution in [2.24, 2.45) is 46.2 Å². The number of ketones is 1. The van der Waals surface area contributed by atoms with Gasteiger partial charge in [0.25, 0.3) is 0 Å². The predicted molar refractivity (Wildman–Crippen MR) is 95.3 cm³/mol. The van der Waals surface area contributed by atoms with Gasteiger partial charge in [-0.2, -0.15) is 0 Å². The minimum Gasteiger partial charge on any atom is -0.393 e. The number of hydrogen-bond donors (Lipinski definition) is 2. The van der Waals surface area contributed by atoms with Crippen molar-refractivity contribution >= 4 is 5.78 Å². The van der Waals surface area contributed by atoms with Crippen LogP contribution in [0.15, 0.2) is 0 Å². The van der Waals surface area contributed by atoms with Crippen molar-refractivity contribution in [3.8, 4) is 0 Å². The molecular weight excluding hydrogens is 298 g/mol. The molecule has 24 heavy (non-hydrogen) atoms. The molecule has 136 valence electrons. The van der Waals surface area contributed by atoms with Crippen LogP contribution < -0.4 is 5.73 Å². The summed E-state index contributed by atoms with van der Waals surface area (Å²) in [6.45, 7) is 6.63. The van der Waals surface area contributed by atoms with Crippen molar-refractivity contribution in [3.05, 3.63) is 0 Å². The summed E-state index contributed by atoms with van der Waals surface area (Å²) in [6.07, 6.45) is 8.78. The number of rotatable bonds is 1. The molecule has 0 saturated heterocycles. The van der Waals surface area contributed by atoms with Crippen LogP contribution in [0.4, 0.5) is 0 Å². The van der Waals surface area contributed by atoms with Gasteiger partial charge >= 0.3 is 0 Å². The number of carbonyl (C=O) groups is 1. The number of carbonyl (C=O) groups excluding carboxylic acids is 1. The van der Waals surface area contributed by atoms with Crippen LogP contribution in [0.3, 0.4) is 0 Å². The highest BCUT2D eigenvalue weighted by Crippen LogP contribution is 2.67. The van der Waals surface area contributed by atoms with Crippen molar-refractivity contribution < 1.29 is 9.90 Å². The van der Waals surface area contributed by atoms with Gasteiger partial charge in [-0.05, 0) is 92.8 Å². The summed E-state index contributed by atoms with van der Waals surface area (Å²) in [5.74, 6) is 3.22. The summed E-state index contributed by atoms with van der Waals surface area (Å²) < 4.78 is 0. The fourth-order valence-corrected chi connectivity index (χ4v) is 8.17. The first-order chi connectivity index (χ1) is 11.3. The summed E-state index contributed by atoms with van der Waals surface area (Å²) in [5, 5.41) is 10.1. The van der Waals surface area contributed by atoms with E-state index in [-0.39, 0.29) is 23.5 Å². The lowest BCUT2D eigenvalue weighted by Gasteiger charge is -2.62. The maximum atomic E-state index is 12.2. The summed E-state index contributed by atoms with van der Waals surface area (Å²) in [4.78, 5) is 12.2. The van der Waals surface area contributed by atoms with E-state index in [9.17, 15) is 9.90 Å². The standard InChI is InChI=1S/C21H35NO2/c1-12(23)16-6-7-17-15-5-4-13-10-14(24)8-9-20(13,2)19(15)18(22)11-21(16,17)3/h13-19,24H,4-11,22H2,1-3H3/t13-,14+,15-,16+,17-,18+,19+,20-,21+/m0/s1. The van der Waals surface area contributed by atoms with Crippen molar-refractivity contribution in [2.75, 3.05) is 0 Å². The summed E-state index contributed by atoms with van der Waals surface area (Å²) >= 11 is 0. The monoisotopic (exact) mass is 333 g/mol. The van der Waals surface area contributed by atoms with E-state index in [0.29, 0.717) is 34.9 Å². The average molecular weight is 334 g/mol. The Morgan fingerprint density at radius 1 is 1.08 bits per heavy atom. The minimum atomic E-state index is -0.0988. The third-order valence-corrected chi connectivity index (χ3v) is 9.13. The highest BCUT2D eigenvalue weighted by molar-refractivity contribution is 5.79. The van der Waals surface area contributed by atoms with Crippen LogP contribution >= 0.6 is 0 Å². The third-order valence-electron chi connectivity index (χ3n) is 9.13. The average Bonchev–Trinajstić information content (AvgIpc) is 2.84. The maximum absolute atomic E-state index is 12.2. The Kier molecular flexibility index (Phi) is 3.93. The van der Waals surface area contributed by atoms with E-state index in [1.165, 1.54) is 19.3 Å². The first kappa shape index (κ1) is 17.0. The highest BCUT2D eigenvalue weighted by atomic mass is 16.3. The van der Waals surface area contributed by atoms with E-state index in [0.717, 1.165) is 32.1 Å². The normalized spacial score (nSPS) is 57.0. The number of aliphatic hydroxyl groups excluding tert-OH is 1. The third kappa shape index (κ3) is 2.19. The molecule has 0 aromatic carbocycles. The van der Waals surface area contributed by atoms with Gasteiger partial charge in [0, 0.05) is 12.0 Å². The van der Waals surface area contributed by atoms with Gasteiger partial charge in [0.1, 0.15) is 5.78 Å². The van der Waals surface area contributed by atoms with Gasteiger partial charge in [-0.3, -0.25) is 4.79 Å². The second-order valence-corrected chi connectivity index (χ2v) is 10.1. The number of hydrogen-bond acceptors (Lipinski definition) is 3. The molecule has 0 heterocycles. The van der Waals surface area contributed by atoms with Gasteiger partial charge in [0.2, 0.25) is 0 Å². The second-order valence-electron chi connectivity index (χ2n) is 10.1. The van der Waals surface area contributed by atoms with Gasteiger partial charge in [-0.25, -0.2) is 0 Å². The Hall–Kier alpha value is -0.410. The van der Waals surface area contributed by atoms with E-state index >= 15 is 0 Å². The Morgan fingerprint density at radius 3 is 2.54 bits per heavy atom. The van der Waals surface area contributed by atoms with Crippen molar-refractivity contribution in [3.63, 3.8) is 0 Å². The Morgan fingerprint density at radius 2 is 1.83 bits per heavy atom. The van der Waals surface area contributed by atoms with E-state index < -0.39 is 0 Å². The zero-order valence-corrected chi connectivity index (χ0v) is 15.6. The predicted octanol–water partition coefficient (Wildman–Crippen LogP) is 3.53. The highest BCUT2D eigenvalue weighted by Gasteiger charge is 2.63. The Balaban J connectivity index is 1.67. The zero-order valence-electron chi connectivity index (χ0n) is 15.6. The van der Waals surface area contributed by atoms with Crippen molar-refractivity contribution in [1.29, 1.82) is 0 Å². The summed E-state index contributed by atoms with van der Waals surface area (Å²) in [7, 11) is 0. The lowest BCUT2D eigenvalue weighted by Crippen LogP contribution is -2.61. The van der Waals surface area contributed by atoms with E-state index in [1.807, 2.05) is 0 Å². The minimum absolute atomic E-state index is 0.0988. The molecule has 0 spiro atoms. The van der Waals surface area contributed by atoms with Crippen molar-refractivity contribution in [2.45, 2.75) is 84.3 Å². The van der Waals surface area contributed by atoms with Gasteiger partial charge in [0.15, 0.2) is 0 Å². The quantitative estimate of drug-likeness (QED) is 0.771. The molecule has 3 nitrogen and oxygen atoms in total. The molecule has 3 N–H and O–H groups in total. The SMILES string of the molecule is CC(=O)[C@H]1CC[C@H]2[C@@H]3CC[C@H]4C[C@H](O)CC[C@]4(C)[C@H]3[C@H](N)C[C@]12C. The summed E-state index contributed by atoms with van der Waals surface area (Å²) in [6, 6.07) is 0.222. The van der Waals surface area contributed by atoms with Crippen LogP contribution in [0.2, 0.25) is 0 Å². The van der Waals surface area contributed by atoms with E-state index in [2.05, 4.69) is 13.8 Å². The molecule has 0 aliphatic heterocycles. The second kappa shape index (κ2) is 5.54. The molecule has 4 fully saturated rings. The Labute approximate surface area is 146 Å². The first-order valence-electron chi connectivity index (χ1n) is 10.2. The maximum Gasteiger partial charge on any atom is 0.133 e. The van der Waals surface area contributed by atoms with Gasteiger partial charge in [-0.15, -0.1) is 0 Å². The molecule has 0 aromatic heterocycles. The number of aliphatic hydroxyl groups is 1. The van der Waals surface area contributed by atoms with E-state index in [1.54, 1.807) is 6.92 Å². The van der Waals surface area contributed by atoms with Crippen LogP contribution in [-0.2, 0) is 4.79 Å². The molecule has 4 saturated carbocycles. The number of fused-ring (bicyclic) bond motifs is 5. The van der Waals surface area contributed by atoms with Gasteiger partial charge in [0.05, 0.1) is 6.10 Å². The molecule has 4 aliphatic carbocycles. The fourth-order valence-electron chi connectivity index (χ4n) is 8.17. The molecule has 3 heteroatoms.